The van der Waals surface area contributed by atoms with E-state index in [-0.39, 0.29) is 37.4 Å². The topological polar surface area (TPSA) is 132 Å². The molecule has 2 aliphatic rings. The molecule has 212 valence electrons. The van der Waals surface area contributed by atoms with E-state index in [0.29, 0.717) is 0 Å². The summed E-state index contributed by atoms with van der Waals surface area (Å²) in [5.74, 6) is -1.02. The van der Waals surface area contributed by atoms with Crippen molar-refractivity contribution in [3.63, 3.8) is 0 Å². The van der Waals surface area contributed by atoms with E-state index in [0.717, 1.165) is 27.8 Å². The van der Waals surface area contributed by atoms with Crippen molar-refractivity contribution in [2.75, 3.05) is 13.2 Å². The van der Waals surface area contributed by atoms with Gasteiger partial charge in [0.05, 0.1) is 0 Å². The minimum Gasteiger partial charge on any atom is -0.477 e. The van der Waals surface area contributed by atoms with E-state index in [9.17, 15) is 14.4 Å². The molecule has 0 spiro atoms. The van der Waals surface area contributed by atoms with E-state index in [2.05, 4.69) is 39.9 Å². The number of alkyl carbamates (subject to hydrolysis) is 1. The van der Waals surface area contributed by atoms with Crippen LogP contribution in [0.5, 0.6) is 0 Å². The molecule has 3 atom stereocenters. The summed E-state index contributed by atoms with van der Waals surface area (Å²) in [6, 6.07) is 23.2. The first kappa shape index (κ1) is 27.9. The number of nitrogens with zero attached hydrogens (tertiary/aromatic N) is 1. The number of fused-ring (bicyclic) bond motifs is 3. The van der Waals surface area contributed by atoms with Crippen LogP contribution in [0.1, 0.15) is 36.5 Å². The highest BCUT2D eigenvalue weighted by Crippen LogP contribution is 2.44. The fourth-order valence-corrected chi connectivity index (χ4v) is 5.32. The average molecular weight is 555 g/mol. The third-order valence-electron chi connectivity index (χ3n) is 7.47. The van der Waals surface area contributed by atoms with Gasteiger partial charge in [-0.15, -0.1) is 0 Å². The highest BCUT2D eigenvalue weighted by atomic mass is 16.5. The van der Waals surface area contributed by atoms with Gasteiger partial charge in [0.1, 0.15) is 25.3 Å². The van der Waals surface area contributed by atoms with Crippen LogP contribution >= 0.6 is 0 Å². The Morgan fingerprint density at radius 3 is 2.15 bits per heavy atom. The van der Waals surface area contributed by atoms with Crippen LogP contribution in [0.3, 0.4) is 0 Å². The van der Waals surface area contributed by atoms with Crippen LogP contribution < -0.4 is 16.4 Å². The molecule has 9 heteroatoms. The predicted octanol–water partition coefficient (Wildman–Crippen LogP) is 3.56. The quantitative estimate of drug-likeness (QED) is 0.353. The number of carbonyl (C=O) groups is 3. The zero-order valence-electron chi connectivity index (χ0n) is 23.1. The van der Waals surface area contributed by atoms with Crippen molar-refractivity contribution in [3.05, 3.63) is 95.6 Å². The van der Waals surface area contributed by atoms with E-state index in [4.69, 9.17) is 15.2 Å². The SMILES string of the molecule is CC(C)[C@H](NC(=O)OCC1c2ccccc2-c2ccccc21)C1=N[C@H](C(=O)N[C@@H](Cc2ccccc2)C(N)=O)CO1. The third kappa shape index (κ3) is 6.24. The second-order valence-electron chi connectivity index (χ2n) is 10.6. The average Bonchev–Trinajstić information content (AvgIpc) is 3.58. The zero-order chi connectivity index (χ0) is 28.9. The Morgan fingerprint density at radius 1 is 0.927 bits per heavy atom. The summed E-state index contributed by atoms with van der Waals surface area (Å²) in [7, 11) is 0. The fourth-order valence-electron chi connectivity index (χ4n) is 5.32. The normalized spacial score (nSPS) is 17.0. The number of hydrogen-bond acceptors (Lipinski definition) is 6. The molecule has 0 saturated carbocycles. The highest BCUT2D eigenvalue weighted by molar-refractivity contribution is 5.94. The molecule has 1 aliphatic heterocycles. The Balaban J connectivity index is 1.20. The molecule has 4 N–H and O–H groups in total. The molecule has 0 radical (unpaired) electrons. The van der Waals surface area contributed by atoms with Crippen molar-refractivity contribution in [2.24, 2.45) is 16.6 Å². The highest BCUT2D eigenvalue weighted by Gasteiger charge is 2.35. The lowest BCUT2D eigenvalue weighted by Gasteiger charge is -2.22. The smallest absolute Gasteiger partial charge is 0.407 e. The lowest BCUT2D eigenvalue weighted by molar-refractivity contribution is -0.128. The maximum atomic E-state index is 12.9. The molecule has 0 fully saturated rings. The molecule has 41 heavy (non-hydrogen) atoms. The van der Waals surface area contributed by atoms with Gasteiger partial charge in [0, 0.05) is 12.3 Å². The first-order chi connectivity index (χ1) is 19.8. The zero-order valence-corrected chi connectivity index (χ0v) is 23.1. The van der Waals surface area contributed by atoms with Gasteiger partial charge in [-0.3, -0.25) is 9.59 Å². The Bertz CT molecular complexity index is 1410. The van der Waals surface area contributed by atoms with Gasteiger partial charge < -0.3 is 25.8 Å². The van der Waals surface area contributed by atoms with Crippen molar-refractivity contribution in [1.82, 2.24) is 10.6 Å². The number of benzene rings is 3. The summed E-state index contributed by atoms with van der Waals surface area (Å²) >= 11 is 0. The van der Waals surface area contributed by atoms with Gasteiger partial charge in [0.25, 0.3) is 0 Å². The molecule has 9 nitrogen and oxygen atoms in total. The Labute approximate surface area is 239 Å². The van der Waals surface area contributed by atoms with Gasteiger partial charge in [-0.2, -0.15) is 0 Å². The Morgan fingerprint density at radius 2 is 1.54 bits per heavy atom. The molecule has 3 aromatic carbocycles. The van der Waals surface area contributed by atoms with Crippen LogP contribution in [0.25, 0.3) is 11.1 Å². The van der Waals surface area contributed by atoms with Crippen molar-refractivity contribution < 1.29 is 23.9 Å². The van der Waals surface area contributed by atoms with Gasteiger partial charge in [-0.1, -0.05) is 92.7 Å². The standard InChI is InChI=1S/C32H34N4O5/c1-19(2)28(31-35-27(18-40-31)30(38)34-26(29(33)37)16-20-10-4-3-5-11-20)36-32(39)41-17-25-23-14-8-6-12-21(23)22-13-7-9-15-24(22)25/h3-15,19,25-28H,16-18H2,1-2H3,(H2,33,37)(H,34,38)(H,36,39)/t26-,27-,28-/m0/s1. The lowest BCUT2D eigenvalue weighted by atomic mass is 9.98. The number of amides is 3. The molecule has 3 aromatic rings. The molecular formula is C32H34N4O5. The minimum absolute atomic E-state index is 0.00637. The number of carbonyl (C=O) groups excluding carboxylic acids is 3. The number of nitrogens with two attached hydrogens (primary N) is 1. The molecule has 1 aliphatic carbocycles. The van der Waals surface area contributed by atoms with Crippen LogP contribution in [0, 0.1) is 5.92 Å². The van der Waals surface area contributed by atoms with Gasteiger partial charge in [0.15, 0.2) is 6.04 Å². The van der Waals surface area contributed by atoms with Gasteiger partial charge in [0.2, 0.25) is 17.7 Å². The molecule has 1 heterocycles. The number of aliphatic imine (C=N–C) groups is 1. The first-order valence-electron chi connectivity index (χ1n) is 13.8. The fraction of sp³-hybridized carbons (Fsp3) is 0.312. The molecule has 5 rings (SSSR count). The van der Waals surface area contributed by atoms with Crippen LogP contribution in [-0.2, 0) is 25.5 Å². The summed E-state index contributed by atoms with van der Waals surface area (Å²) < 4.78 is 11.4. The molecule has 0 bridgehead atoms. The van der Waals surface area contributed by atoms with Crippen LogP contribution in [0.2, 0.25) is 0 Å². The maximum absolute atomic E-state index is 12.9. The van der Waals surface area contributed by atoms with Crippen molar-refractivity contribution in [1.29, 1.82) is 0 Å². The number of rotatable bonds is 10. The van der Waals surface area contributed by atoms with E-state index < -0.39 is 36.0 Å². The van der Waals surface area contributed by atoms with Crippen molar-refractivity contribution in [2.45, 2.75) is 44.3 Å². The summed E-state index contributed by atoms with van der Waals surface area (Å²) in [6.45, 7) is 4.00. The maximum Gasteiger partial charge on any atom is 0.407 e. The van der Waals surface area contributed by atoms with Crippen LogP contribution in [0.15, 0.2) is 83.9 Å². The number of hydrogen-bond donors (Lipinski definition) is 3. The van der Waals surface area contributed by atoms with Crippen LogP contribution in [0.4, 0.5) is 4.79 Å². The van der Waals surface area contributed by atoms with E-state index in [1.165, 1.54) is 0 Å². The van der Waals surface area contributed by atoms with Crippen LogP contribution in [-0.4, -0.2) is 55.1 Å². The molecule has 3 amide bonds. The molecule has 0 aromatic heterocycles. The summed E-state index contributed by atoms with van der Waals surface area (Å²) in [6.07, 6.45) is -0.328. The van der Waals surface area contributed by atoms with Gasteiger partial charge in [-0.05, 0) is 33.7 Å². The number of ether oxygens (including phenoxy) is 2. The summed E-state index contributed by atoms with van der Waals surface area (Å²) in [4.78, 5) is 42.3. The summed E-state index contributed by atoms with van der Waals surface area (Å²) in [5, 5.41) is 5.55. The van der Waals surface area contributed by atoms with Crippen molar-refractivity contribution in [3.8, 4) is 11.1 Å². The third-order valence-corrected chi connectivity index (χ3v) is 7.47. The molecule has 0 saturated heterocycles. The second-order valence-corrected chi connectivity index (χ2v) is 10.6. The number of nitrogens with one attached hydrogen (secondary N) is 2. The minimum atomic E-state index is -0.885. The van der Waals surface area contributed by atoms with Gasteiger partial charge >= 0.3 is 6.09 Å². The van der Waals surface area contributed by atoms with Crippen molar-refractivity contribution >= 4 is 23.8 Å². The van der Waals surface area contributed by atoms with E-state index in [1.54, 1.807) is 0 Å². The van der Waals surface area contributed by atoms with Gasteiger partial charge in [-0.25, -0.2) is 9.79 Å². The largest absolute Gasteiger partial charge is 0.477 e. The summed E-state index contributed by atoms with van der Waals surface area (Å²) in [5.41, 5.74) is 11.0. The Hall–Kier alpha value is -4.66. The monoisotopic (exact) mass is 554 g/mol. The molecular weight excluding hydrogens is 520 g/mol. The first-order valence-corrected chi connectivity index (χ1v) is 13.8. The second kappa shape index (κ2) is 12.2. The Kier molecular flexibility index (Phi) is 8.33. The lowest BCUT2D eigenvalue weighted by Crippen LogP contribution is -2.49. The molecule has 0 unspecified atom stereocenters. The number of primary amides is 1. The van der Waals surface area contributed by atoms with E-state index >= 15 is 0 Å². The van der Waals surface area contributed by atoms with E-state index in [1.807, 2.05) is 68.4 Å². The predicted molar refractivity (Wildman–Crippen MR) is 155 cm³/mol.